The summed E-state index contributed by atoms with van der Waals surface area (Å²) in [5, 5.41) is 3.12. The maximum atomic E-state index is 5.32. The van der Waals surface area contributed by atoms with Crippen LogP contribution in [0.3, 0.4) is 0 Å². The van der Waals surface area contributed by atoms with Gasteiger partial charge in [-0.15, -0.1) is 0 Å². The molecule has 11 heavy (non-hydrogen) atoms. The van der Waals surface area contributed by atoms with E-state index in [-0.39, 0.29) is 0 Å². The third-order valence-corrected chi connectivity index (χ3v) is 1.29. The number of nitrogens with two attached hydrogens (primary N) is 1. The third kappa shape index (κ3) is 3.00. The van der Waals surface area contributed by atoms with Crippen molar-refractivity contribution in [1.29, 1.82) is 0 Å². The van der Waals surface area contributed by atoms with Crippen LogP contribution in [0.25, 0.3) is 0 Å². The quantitative estimate of drug-likeness (QED) is 0.619. The normalized spacial score (nSPS) is 9.55. The summed E-state index contributed by atoms with van der Waals surface area (Å²) >= 11 is 0. The van der Waals surface area contributed by atoms with Gasteiger partial charge in [0.05, 0.1) is 0 Å². The van der Waals surface area contributed by atoms with Crippen LogP contribution >= 0.6 is 0 Å². The Bertz CT molecular complexity index is 186. The number of hydrogen-bond acceptors (Lipinski definition) is 3. The van der Waals surface area contributed by atoms with Crippen molar-refractivity contribution in [2.75, 3.05) is 18.4 Å². The summed E-state index contributed by atoms with van der Waals surface area (Å²) in [5.74, 6) is 0.862. The SMILES string of the molecule is NCCCNc1c[c]ccn1. The van der Waals surface area contributed by atoms with Crippen LogP contribution in [0.2, 0.25) is 0 Å². The van der Waals surface area contributed by atoms with E-state index >= 15 is 0 Å². The molecule has 0 saturated carbocycles. The summed E-state index contributed by atoms with van der Waals surface area (Å²) in [4.78, 5) is 4.07. The van der Waals surface area contributed by atoms with Gasteiger partial charge in [-0.3, -0.25) is 0 Å². The molecule has 3 nitrogen and oxygen atoms in total. The van der Waals surface area contributed by atoms with Gasteiger partial charge in [0, 0.05) is 12.7 Å². The van der Waals surface area contributed by atoms with Gasteiger partial charge < -0.3 is 11.1 Å². The van der Waals surface area contributed by atoms with Crippen LogP contribution in [0.4, 0.5) is 5.82 Å². The van der Waals surface area contributed by atoms with E-state index in [9.17, 15) is 0 Å². The Morgan fingerprint density at radius 3 is 3.18 bits per heavy atom. The second kappa shape index (κ2) is 4.68. The highest BCUT2D eigenvalue weighted by Crippen LogP contribution is 1.97. The van der Waals surface area contributed by atoms with E-state index in [1.54, 1.807) is 12.3 Å². The standard InChI is InChI=1S/C8H12N3/c9-5-3-7-11-8-4-1-2-6-10-8/h2,4,6H,3,5,7,9H2,(H,10,11). The van der Waals surface area contributed by atoms with Crippen molar-refractivity contribution >= 4 is 5.82 Å². The molecule has 0 unspecified atom stereocenters. The maximum Gasteiger partial charge on any atom is 0.126 e. The molecule has 59 valence electrons. The van der Waals surface area contributed by atoms with Crippen molar-refractivity contribution in [2.24, 2.45) is 5.73 Å². The Labute approximate surface area is 66.6 Å². The summed E-state index contributed by atoms with van der Waals surface area (Å²) in [7, 11) is 0. The number of hydrogen-bond donors (Lipinski definition) is 2. The molecule has 1 rings (SSSR count). The molecule has 1 heterocycles. The largest absolute Gasteiger partial charge is 0.370 e. The highest BCUT2D eigenvalue weighted by atomic mass is 15.0. The van der Waals surface area contributed by atoms with E-state index < -0.39 is 0 Å². The monoisotopic (exact) mass is 150 g/mol. The highest BCUT2D eigenvalue weighted by molar-refractivity contribution is 5.32. The first kappa shape index (κ1) is 8.01. The van der Waals surface area contributed by atoms with Crippen LogP contribution in [0, 0.1) is 6.07 Å². The fourth-order valence-corrected chi connectivity index (χ4v) is 0.740. The molecule has 1 aromatic heterocycles. The van der Waals surface area contributed by atoms with Crippen LogP contribution in [-0.2, 0) is 0 Å². The summed E-state index contributed by atoms with van der Waals surface area (Å²) in [5.41, 5.74) is 5.32. The van der Waals surface area contributed by atoms with Crippen molar-refractivity contribution in [3.05, 3.63) is 24.4 Å². The first-order chi connectivity index (χ1) is 5.43. The lowest BCUT2D eigenvalue weighted by Crippen LogP contribution is -2.08. The second-order valence-electron chi connectivity index (χ2n) is 2.21. The molecule has 0 fully saturated rings. The lowest BCUT2D eigenvalue weighted by atomic mass is 10.4. The first-order valence-corrected chi connectivity index (χ1v) is 3.69. The summed E-state index contributed by atoms with van der Waals surface area (Å²) in [6, 6.07) is 6.52. The van der Waals surface area contributed by atoms with Gasteiger partial charge in [-0.2, -0.15) is 0 Å². The van der Waals surface area contributed by atoms with Crippen molar-refractivity contribution < 1.29 is 0 Å². The molecule has 0 aliphatic carbocycles. The number of nitrogens with one attached hydrogen (secondary N) is 1. The molecule has 1 radical (unpaired) electrons. The molecule has 0 saturated heterocycles. The van der Waals surface area contributed by atoms with E-state index in [1.807, 2.05) is 6.07 Å². The van der Waals surface area contributed by atoms with E-state index in [0.717, 1.165) is 18.8 Å². The molecule has 0 bridgehead atoms. The van der Waals surface area contributed by atoms with Gasteiger partial charge in [0.15, 0.2) is 0 Å². The molecular weight excluding hydrogens is 138 g/mol. The average Bonchev–Trinajstić information content (AvgIpc) is 2.07. The Kier molecular flexibility index (Phi) is 3.41. The predicted molar refractivity (Wildman–Crippen MR) is 45.2 cm³/mol. The Morgan fingerprint density at radius 1 is 1.64 bits per heavy atom. The Hall–Kier alpha value is -1.09. The lowest BCUT2D eigenvalue weighted by Gasteiger charge is -2.01. The van der Waals surface area contributed by atoms with Gasteiger partial charge in [0.25, 0.3) is 0 Å². The van der Waals surface area contributed by atoms with E-state index in [2.05, 4.69) is 16.4 Å². The molecule has 1 aromatic rings. The molecule has 3 heteroatoms. The van der Waals surface area contributed by atoms with E-state index in [4.69, 9.17) is 5.73 Å². The van der Waals surface area contributed by atoms with Gasteiger partial charge in [0.2, 0.25) is 0 Å². The summed E-state index contributed by atoms with van der Waals surface area (Å²) in [6.45, 7) is 1.59. The van der Waals surface area contributed by atoms with Crippen molar-refractivity contribution in [3.63, 3.8) is 0 Å². The van der Waals surface area contributed by atoms with Gasteiger partial charge in [-0.1, -0.05) is 0 Å². The van der Waals surface area contributed by atoms with Gasteiger partial charge in [-0.25, -0.2) is 4.98 Å². The van der Waals surface area contributed by atoms with Crippen molar-refractivity contribution in [3.8, 4) is 0 Å². The maximum absolute atomic E-state index is 5.32. The second-order valence-corrected chi connectivity index (χ2v) is 2.21. The molecule has 0 amide bonds. The van der Waals surface area contributed by atoms with Gasteiger partial charge >= 0.3 is 0 Å². The zero-order valence-corrected chi connectivity index (χ0v) is 6.38. The average molecular weight is 150 g/mol. The van der Waals surface area contributed by atoms with Crippen LogP contribution in [-0.4, -0.2) is 18.1 Å². The van der Waals surface area contributed by atoms with Crippen molar-refractivity contribution in [2.45, 2.75) is 6.42 Å². The predicted octanol–water partition coefficient (Wildman–Crippen LogP) is 0.642. The fourth-order valence-electron chi connectivity index (χ4n) is 0.740. The van der Waals surface area contributed by atoms with Crippen LogP contribution < -0.4 is 11.1 Å². The number of nitrogens with zero attached hydrogens (tertiary/aromatic N) is 1. The number of pyridine rings is 1. The summed E-state index contributed by atoms with van der Waals surface area (Å²) in [6.07, 6.45) is 2.68. The summed E-state index contributed by atoms with van der Waals surface area (Å²) < 4.78 is 0. The van der Waals surface area contributed by atoms with Crippen LogP contribution in [0.1, 0.15) is 6.42 Å². The van der Waals surface area contributed by atoms with Crippen molar-refractivity contribution in [1.82, 2.24) is 4.98 Å². The van der Waals surface area contributed by atoms with E-state index in [1.165, 1.54) is 0 Å². The minimum Gasteiger partial charge on any atom is -0.370 e. The number of rotatable bonds is 4. The Balaban J connectivity index is 2.28. The topological polar surface area (TPSA) is 50.9 Å². The van der Waals surface area contributed by atoms with Gasteiger partial charge in [0.1, 0.15) is 5.82 Å². The molecule has 3 N–H and O–H groups in total. The van der Waals surface area contributed by atoms with E-state index in [0.29, 0.717) is 6.54 Å². The van der Waals surface area contributed by atoms with Crippen LogP contribution in [0.5, 0.6) is 0 Å². The lowest BCUT2D eigenvalue weighted by molar-refractivity contribution is 0.870. The van der Waals surface area contributed by atoms with Crippen LogP contribution in [0.15, 0.2) is 18.3 Å². The fraction of sp³-hybridized carbons (Fsp3) is 0.375. The minimum absolute atomic E-state index is 0.712. The number of aromatic nitrogens is 1. The first-order valence-electron chi connectivity index (χ1n) is 3.69. The zero-order chi connectivity index (χ0) is 7.94. The molecule has 0 spiro atoms. The minimum atomic E-state index is 0.712. The Morgan fingerprint density at radius 2 is 2.55 bits per heavy atom. The smallest absolute Gasteiger partial charge is 0.126 e. The molecule has 0 atom stereocenters. The highest BCUT2D eigenvalue weighted by Gasteiger charge is 1.88. The zero-order valence-electron chi connectivity index (χ0n) is 6.38. The van der Waals surface area contributed by atoms with Gasteiger partial charge in [-0.05, 0) is 31.2 Å². The molecule has 0 aliphatic heterocycles. The molecule has 0 aliphatic rings. The third-order valence-electron chi connectivity index (χ3n) is 1.29. The molecular formula is C8H12N3. The molecule has 0 aromatic carbocycles. The number of anilines is 1.